The molecule has 1 aromatic heterocycles. The van der Waals surface area contributed by atoms with Crippen molar-refractivity contribution in [1.29, 1.82) is 0 Å². The van der Waals surface area contributed by atoms with Gasteiger partial charge >= 0.3 is 0 Å². The summed E-state index contributed by atoms with van der Waals surface area (Å²) >= 11 is 1.99. The number of benzene rings is 1. The molecular formula is C10H9NS. The highest BCUT2D eigenvalue weighted by atomic mass is 32.2. The fraction of sp³-hybridized carbons (Fsp3) is 0.200. The van der Waals surface area contributed by atoms with Crippen molar-refractivity contribution in [2.45, 2.75) is 11.6 Å². The highest BCUT2D eigenvalue weighted by molar-refractivity contribution is 7.97. The molecule has 1 aliphatic heterocycles. The highest BCUT2D eigenvalue weighted by Gasteiger charge is 2.13. The largest absolute Gasteiger partial charge is 0.334 e. The fourth-order valence-corrected chi connectivity index (χ4v) is 2.81. The van der Waals surface area contributed by atoms with Crippen LogP contribution < -0.4 is 0 Å². The molecule has 0 bridgehead atoms. The van der Waals surface area contributed by atoms with Crippen molar-refractivity contribution in [2.24, 2.45) is 0 Å². The fourth-order valence-electron chi connectivity index (χ4n) is 1.78. The predicted molar refractivity (Wildman–Crippen MR) is 53.2 cm³/mol. The van der Waals surface area contributed by atoms with E-state index in [0.29, 0.717) is 0 Å². The summed E-state index contributed by atoms with van der Waals surface area (Å²) in [4.78, 5) is 0. The minimum atomic E-state index is 1.13. The average molecular weight is 175 g/mol. The summed E-state index contributed by atoms with van der Waals surface area (Å²) in [6, 6.07) is 10.9. The van der Waals surface area contributed by atoms with Crippen LogP contribution in [0.3, 0.4) is 0 Å². The van der Waals surface area contributed by atoms with Crippen LogP contribution in [0.5, 0.6) is 0 Å². The summed E-state index contributed by atoms with van der Waals surface area (Å²) < 4.78 is 2.40. The van der Waals surface area contributed by atoms with Crippen LogP contribution >= 0.6 is 11.8 Å². The molecule has 2 aromatic rings. The van der Waals surface area contributed by atoms with Crippen molar-refractivity contribution in [3.05, 3.63) is 36.0 Å². The highest BCUT2D eigenvalue weighted by Crippen LogP contribution is 2.30. The molecule has 60 valence electrons. The van der Waals surface area contributed by atoms with E-state index >= 15 is 0 Å². The Labute approximate surface area is 75.4 Å². The summed E-state index contributed by atoms with van der Waals surface area (Å²) in [7, 11) is 0. The second-order valence-corrected chi connectivity index (χ2v) is 4.06. The van der Waals surface area contributed by atoms with Crippen molar-refractivity contribution in [1.82, 2.24) is 4.57 Å². The first-order valence-electron chi connectivity index (χ1n) is 4.10. The third-order valence-corrected chi connectivity index (χ3v) is 3.31. The first kappa shape index (κ1) is 6.61. The van der Waals surface area contributed by atoms with Gasteiger partial charge in [-0.1, -0.05) is 18.2 Å². The van der Waals surface area contributed by atoms with Crippen LogP contribution in [-0.4, -0.2) is 4.57 Å². The molecule has 0 fully saturated rings. The van der Waals surface area contributed by atoms with E-state index in [1.54, 1.807) is 0 Å². The second kappa shape index (κ2) is 2.30. The topological polar surface area (TPSA) is 4.93 Å². The number of fused-ring (bicyclic) bond motifs is 3. The van der Waals surface area contributed by atoms with Gasteiger partial charge in [-0.2, -0.15) is 0 Å². The molecular weight excluding hydrogens is 166 g/mol. The Hall–Kier alpha value is -0.890. The molecule has 0 N–H and O–H groups in total. The van der Waals surface area contributed by atoms with Crippen molar-refractivity contribution in [3.63, 3.8) is 0 Å². The Kier molecular flexibility index (Phi) is 1.27. The van der Waals surface area contributed by atoms with Gasteiger partial charge in [-0.25, -0.2) is 0 Å². The van der Waals surface area contributed by atoms with E-state index < -0.39 is 0 Å². The third kappa shape index (κ3) is 0.758. The first-order valence-corrected chi connectivity index (χ1v) is 5.25. The number of para-hydroxylation sites is 1. The molecule has 0 atom stereocenters. The maximum absolute atomic E-state index is 2.40. The predicted octanol–water partition coefficient (Wildman–Crippen LogP) is 2.85. The minimum absolute atomic E-state index is 1.13. The van der Waals surface area contributed by atoms with Crippen LogP contribution in [0.2, 0.25) is 0 Å². The quantitative estimate of drug-likeness (QED) is 0.596. The smallest absolute Gasteiger partial charge is 0.0689 e. The van der Waals surface area contributed by atoms with Gasteiger partial charge in [0, 0.05) is 17.0 Å². The molecule has 1 aromatic carbocycles. The van der Waals surface area contributed by atoms with Crippen molar-refractivity contribution < 1.29 is 0 Å². The molecule has 3 rings (SSSR count). The van der Waals surface area contributed by atoms with E-state index in [9.17, 15) is 0 Å². The summed E-state index contributed by atoms with van der Waals surface area (Å²) in [5, 5.41) is 1.38. The van der Waals surface area contributed by atoms with Gasteiger partial charge in [-0.3, -0.25) is 0 Å². The van der Waals surface area contributed by atoms with Crippen molar-refractivity contribution in [3.8, 4) is 0 Å². The van der Waals surface area contributed by atoms with Gasteiger partial charge < -0.3 is 4.57 Å². The van der Waals surface area contributed by atoms with E-state index in [2.05, 4.69) is 34.9 Å². The van der Waals surface area contributed by atoms with E-state index in [1.807, 2.05) is 11.8 Å². The third-order valence-electron chi connectivity index (χ3n) is 2.37. The lowest BCUT2D eigenvalue weighted by Gasteiger charge is -1.97. The summed E-state index contributed by atoms with van der Waals surface area (Å²) in [5.74, 6) is 2.30. The minimum Gasteiger partial charge on any atom is -0.334 e. The number of nitrogens with zero attached hydrogens (tertiary/aromatic N) is 1. The van der Waals surface area contributed by atoms with Gasteiger partial charge in [-0.15, -0.1) is 11.8 Å². The van der Waals surface area contributed by atoms with Crippen molar-refractivity contribution in [2.75, 3.05) is 0 Å². The molecule has 0 amide bonds. The molecule has 2 heterocycles. The van der Waals surface area contributed by atoms with Gasteiger partial charge in [0.1, 0.15) is 0 Å². The number of rotatable bonds is 0. The monoisotopic (exact) mass is 175 g/mol. The SMILES string of the molecule is c1ccc2c(c1)cc1n2CSC1. The lowest BCUT2D eigenvalue weighted by molar-refractivity contribution is 0.925. The Morgan fingerprint density at radius 2 is 2.17 bits per heavy atom. The Bertz CT molecular complexity index is 430. The first-order chi connectivity index (χ1) is 5.95. The zero-order chi connectivity index (χ0) is 7.97. The van der Waals surface area contributed by atoms with E-state index in [1.165, 1.54) is 22.3 Å². The maximum Gasteiger partial charge on any atom is 0.0689 e. The zero-order valence-corrected chi connectivity index (χ0v) is 7.47. The van der Waals surface area contributed by atoms with Crippen LogP contribution in [-0.2, 0) is 11.6 Å². The summed E-state index contributed by atoms with van der Waals surface area (Å²) in [6.45, 7) is 0. The molecule has 0 spiro atoms. The molecule has 12 heavy (non-hydrogen) atoms. The Balaban J connectivity index is 2.44. The summed E-state index contributed by atoms with van der Waals surface area (Å²) in [6.07, 6.45) is 0. The maximum atomic E-state index is 2.40. The molecule has 0 unspecified atom stereocenters. The van der Waals surface area contributed by atoms with Crippen LogP contribution in [0.1, 0.15) is 5.69 Å². The lowest BCUT2D eigenvalue weighted by atomic mass is 10.2. The summed E-state index contributed by atoms with van der Waals surface area (Å²) in [5.41, 5.74) is 2.86. The number of hydrogen-bond donors (Lipinski definition) is 0. The van der Waals surface area contributed by atoms with Gasteiger partial charge in [0.2, 0.25) is 0 Å². The molecule has 0 saturated heterocycles. The van der Waals surface area contributed by atoms with E-state index in [0.717, 1.165) is 5.88 Å². The van der Waals surface area contributed by atoms with Crippen LogP contribution in [0, 0.1) is 0 Å². The number of aromatic nitrogens is 1. The van der Waals surface area contributed by atoms with Crippen molar-refractivity contribution >= 4 is 22.7 Å². The molecule has 2 heteroatoms. The number of thioether (sulfide) groups is 1. The van der Waals surface area contributed by atoms with Gasteiger partial charge in [-0.05, 0) is 17.5 Å². The van der Waals surface area contributed by atoms with E-state index in [-0.39, 0.29) is 0 Å². The van der Waals surface area contributed by atoms with Gasteiger partial charge in [0.25, 0.3) is 0 Å². The lowest BCUT2D eigenvalue weighted by Crippen LogP contribution is -1.88. The molecule has 0 aliphatic carbocycles. The van der Waals surface area contributed by atoms with Gasteiger partial charge in [0.15, 0.2) is 0 Å². The molecule has 1 nitrogen and oxygen atoms in total. The standard InChI is InChI=1S/C10H9NS/c1-2-4-10-8(3-1)5-9-6-12-7-11(9)10/h1-5H,6-7H2. The van der Waals surface area contributed by atoms with Crippen LogP contribution in [0.25, 0.3) is 10.9 Å². The average Bonchev–Trinajstić information content (AvgIpc) is 2.62. The molecule has 1 aliphatic rings. The second-order valence-electron chi connectivity index (χ2n) is 3.10. The Morgan fingerprint density at radius 3 is 3.17 bits per heavy atom. The Morgan fingerprint density at radius 1 is 1.25 bits per heavy atom. The zero-order valence-electron chi connectivity index (χ0n) is 6.66. The van der Waals surface area contributed by atoms with Gasteiger partial charge in [0.05, 0.1) is 5.88 Å². The normalized spacial score (nSPS) is 15.3. The van der Waals surface area contributed by atoms with E-state index in [4.69, 9.17) is 0 Å². The number of hydrogen-bond acceptors (Lipinski definition) is 1. The molecule has 0 radical (unpaired) electrons. The molecule has 0 saturated carbocycles. The van der Waals surface area contributed by atoms with Crippen LogP contribution in [0.15, 0.2) is 30.3 Å². The van der Waals surface area contributed by atoms with Crippen LogP contribution in [0.4, 0.5) is 0 Å².